The van der Waals surface area contributed by atoms with Gasteiger partial charge in [0.25, 0.3) is 12.3 Å². The number of halogens is 2. The van der Waals surface area contributed by atoms with E-state index in [9.17, 15) is 18.4 Å². The topological polar surface area (TPSA) is 129 Å². The number of H-pyrrole nitrogens is 1. The van der Waals surface area contributed by atoms with Crippen molar-refractivity contribution >= 4 is 23.0 Å². The van der Waals surface area contributed by atoms with Crippen LogP contribution in [0.4, 0.5) is 13.6 Å². The highest BCUT2D eigenvalue weighted by Crippen LogP contribution is 2.38. The van der Waals surface area contributed by atoms with Crippen LogP contribution in [0.5, 0.6) is 5.75 Å². The Labute approximate surface area is 205 Å². The second-order valence-electron chi connectivity index (χ2n) is 9.51. The molecular weight excluding hydrogens is 472 g/mol. The monoisotopic (exact) mass is 499 g/mol. The van der Waals surface area contributed by atoms with Crippen LogP contribution in [0.15, 0.2) is 24.5 Å². The highest BCUT2D eigenvalue weighted by atomic mass is 19.3. The Balaban J connectivity index is 1.46. The SMILES string of the molecule is Cc1[nH]c2c(-c3cc(C(F)F)ccc3OCC3CC3)ncnc2c1C(=O)N[C@H]1CC[C@H](NC(=O)O)C1. The molecule has 9 nitrogen and oxygen atoms in total. The number of hydrogen-bond donors (Lipinski definition) is 4. The molecule has 2 heterocycles. The summed E-state index contributed by atoms with van der Waals surface area (Å²) in [4.78, 5) is 36.0. The van der Waals surface area contributed by atoms with Crippen LogP contribution in [-0.2, 0) is 0 Å². The molecule has 2 aliphatic rings. The largest absolute Gasteiger partial charge is 0.493 e. The number of alkyl halides is 2. The number of nitrogens with one attached hydrogen (secondary N) is 3. The highest BCUT2D eigenvalue weighted by Gasteiger charge is 2.30. The number of carbonyl (C=O) groups is 2. The maximum absolute atomic E-state index is 13.5. The van der Waals surface area contributed by atoms with Crippen LogP contribution >= 0.6 is 0 Å². The summed E-state index contributed by atoms with van der Waals surface area (Å²) in [6.45, 7) is 2.25. The molecule has 0 bridgehead atoms. The molecule has 5 rings (SSSR count). The predicted octanol–water partition coefficient (Wildman–Crippen LogP) is 4.58. The van der Waals surface area contributed by atoms with E-state index in [1.54, 1.807) is 6.92 Å². The molecule has 4 N–H and O–H groups in total. The number of nitrogens with zero attached hydrogens (tertiary/aromatic N) is 2. The summed E-state index contributed by atoms with van der Waals surface area (Å²) in [5, 5.41) is 14.4. The third kappa shape index (κ3) is 4.95. The summed E-state index contributed by atoms with van der Waals surface area (Å²) in [7, 11) is 0. The number of carboxylic acid groups (broad SMARTS) is 1. The van der Waals surface area contributed by atoms with E-state index in [-0.39, 0.29) is 23.6 Å². The third-order valence-corrected chi connectivity index (χ3v) is 6.78. The van der Waals surface area contributed by atoms with Gasteiger partial charge in [-0.05, 0) is 63.1 Å². The minimum absolute atomic E-state index is 0.150. The van der Waals surface area contributed by atoms with Crippen LogP contribution in [0.25, 0.3) is 22.3 Å². The lowest BCUT2D eigenvalue weighted by Gasteiger charge is -2.14. The lowest BCUT2D eigenvalue weighted by Crippen LogP contribution is -2.36. The quantitative estimate of drug-likeness (QED) is 0.359. The number of ether oxygens (including phenoxy) is 1. The average molecular weight is 500 g/mol. The van der Waals surface area contributed by atoms with E-state index in [0.717, 1.165) is 12.8 Å². The second kappa shape index (κ2) is 9.71. The number of aryl methyl sites for hydroxylation is 1. The van der Waals surface area contributed by atoms with Gasteiger partial charge in [0, 0.05) is 28.9 Å². The standard InChI is InChI=1S/C25H27F2N5O4/c1-12-19(24(33)31-15-5-6-16(9-15)32-25(34)35)21-22(30-12)20(28-11-29-21)17-8-14(23(26)27)4-7-18(17)36-10-13-2-3-13/h4,7-8,11,13,15-16,23,30,32H,2-3,5-6,9-10H2,1H3,(H,31,33)(H,34,35)/t15-,16-/m0/s1. The van der Waals surface area contributed by atoms with Crippen molar-refractivity contribution in [3.63, 3.8) is 0 Å². The van der Waals surface area contributed by atoms with E-state index in [0.29, 0.717) is 71.1 Å². The average Bonchev–Trinajstić information content (AvgIpc) is 3.46. The van der Waals surface area contributed by atoms with E-state index in [1.807, 2.05) is 0 Å². The summed E-state index contributed by atoms with van der Waals surface area (Å²) in [6.07, 6.45) is 1.54. The Morgan fingerprint density at radius 2 is 1.92 bits per heavy atom. The maximum Gasteiger partial charge on any atom is 0.404 e. The second-order valence-corrected chi connectivity index (χ2v) is 9.51. The Bertz CT molecular complexity index is 1310. The fourth-order valence-electron chi connectivity index (χ4n) is 4.77. The Morgan fingerprint density at radius 3 is 2.61 bits per heavy atom. The zero-order valence-electron chi connectivity index (χ0n) is 19.7. The smallest absolute Gasteiger partial charge is 0.404 e. The van der Waals surface area contributed by atoms with Gasteiger partial charge in [0.05, 0.1) is 17.7 Å². The summed E-state index contributed by atoms with van der Waals surface area (Å²) < 4.78 is 33.0. The molecular formula is C25H27F2N5O4. The molecule has 2 aromatic heterocycles. The van der Waals surface area contributed by atoms with Crippen LogP contribution in [0.2, 0.25) is 0 Å². The molecule has 2 aliphatic carbocycles. The van der Waals surface area contributed by atoms with Crippen molar-refractivity contribution in [2.24, 2.45) is 5.92 Å². The molecule has 0 unspecified atom stereocenters. The molecule has 2 fully saturated rings. The van der Waals surface area contributed by atoms with Gasteiger partial charge in [-0.15, -0.1) is 0 Å². The number of carbonyl (C=O) groups excluding carboxylic acids is 1. The molecule has 36 heavy (non-hydrogen) atoms. The fraction of sp³-hybridized carbons (Fsp3) is 0.440. The molecule has 2 atom stereocenters. The van der Waals surface area contributed by atoms with Gasteiger partial charge in [0.1, 0.15) is 23.3 Å². The number of hydrogen-bond acceptors (Lipinski definition) is 5. The van der Waals surface area contributed by atoms with Crippen LogP contribution < -0.4 is 15.4 Å². The molecule has 11 heteroatoms. The predicted molar refractivity (Wildman–Crippen MR) is 127 cm³/mol. The van der Waals surface area contributed by atoms with Crippen molar-refractivity contribution in [3.05, 3.63) is 41.3 Å². The molecule has 190 valence electrons. The van der Waals surface area contributed by atoms with Crippen molar-refractivity contribution in [1.82, 2.24) is 25.6 Å². The van der Waals surface area contributed by atoms with Gasteiger partial charge < -0.3 is 25.5 Å². The Hall–Kier alpha value is -3.76. The van der Waals surface area contributed by atoms with Gasteiger partial charge in [0.2, 0.25) is 0 Å². The van der Waals surface area contributed by atoms with Crippen LogP contribution in [-0.4, -0.2) is 50.7 Å². The van der Waals surface area contributed by atoms with Gasteiger partial charge >= 0.3 is 6.09 Å². The molecule has 1 aromatic carbocycles. The zero-order chi connectivity index (χ0) is 25.4. The number of aromatic amines is 1. The highest BCUT2D eigenvalue weighted by molar-refractivity contribution is 6.09. The number of aromatic nitrogens is 3. The van der Waals surface area contributed by atoms with Gasteiger partial charge in [-0.1, -0.05) is 0 Å². The minimum atomic E-state index is -2.66. The molecule has 0 radical (unpaired) electrons. The first-order chi connectivity index (χ1) is 17.3. The zero-order valence-corrected chi connectivity index (χ0v) is 19.7. The van der Waals surface area contributed by atoms with Gasteiger partial charge in [-0.2, -0.15) is 0 Å². The Morgan fingerprint density at radius 1 is 1.17 bits per heavy atom. The van der Waals surface area contributed by atoms with E-state index in [4.69, 9.17) is 9.84 Å². The van der Waals surface area contributed by atoms with Crippen molar-refractivity contribution < 1.29 is 28.2 Å². The summed E-state index contributed by atoms with van der Waals surface area (Å²) in [5.41, 5.74) is 2.38. The van der Waals surface area contributed by atoms with Crippen molar-refractivity contribution in [2.75, 3.05) is 6.61 Å². The molecule has 2 saturated carbocycles. The maximum atomic E-state index is 13.5. The van der Waals surface area contributed by atoms with E-state index in [2.05, 4.69) is 25.6 Å². The van der Waals surface area contributed by atoms with E-state index < -0.39 is 12.5 Å². The van der Waals surface area contributed by atoms with E-state index >= 15 is 0 Å². The van der Waals surface area contributed by atoms with Crippen molar-refractivity contribution in [2.45, 2.75) is 57.5 Å². The van der Waals surface area contributed by atoms with Crippen LogP contribution in [0.1, 0.15) is 60.1 Å². The minimum Gasteiger partial charge on any atom is -0.493 e. The van der Waals surface area contributed by atoms with Crippen molar-refractivity contribution in [3.8, 4) is 17.0 Å². The normalized spacial score (nSPS) is 19.6. The molecule has 0 spiro atoms. The van der Waals surface area contributed by atoms with Crippen LogP contribution in [0, 0.1) is 12.8 Å². The summed E-state index contributed by atoms with van der Waals surface area (Å²) in [5.74, 6) is 0.588. The first kappa shape index (κ1) is 24.0. The lowest BCUT2D eigenvalue weighted by atomic mass is 10.0. The van der Waals surface area contributed by atoms with Crippen LogP contribution in [0.3, 0.4) is 0 Å². The summed E-state index contributed by atoms with van der Waals surface area (Å²) >= 11 is 0. The fourth-order valence-corrected chi connectivity index (χ4v) is 4.77. The van der Waals surface area contributed by atoms with Gasteiger partial charge in [0.15, 0.2) is 0 Å². The first-order valence-corrected chi connectivity index (χ1v) is 12.0. The Kier molecular flexibility index (Phi) is 6.46. The molecule has 0 aliphatic heterocycles. The number of rotatable bonds is 8. The van der Waals surface area contributed by atoms with E-state index in [1.165, 1.54) is 24.5 Å². The lowest BCUT2D eigenvalue weighted by molar-refractivity contribution is 0.0938. The van der Waals surface area contributed by atoms with Gasteiger partial charge in [-0.25, -0.2) is 23.5 Å². The molecule has 3 aromatic rings. The first-order valence-electron chi connectivity index (χ1n) is 12.0. The van der Waals surface area contributed by atoms with Crippen molar-refractivity contribution in [1.29, 1.82) is 0 Å². The number of amides is 2. The molecule has 2 amide bonds. The third-order valence-electron chi connectivity index (χ3n) is 6.78. The van der Waals surface area contributed by atoms with Gasteiger partial charge in [-0.3, -0.25) is 4.79 Å². The summed E-state index contributed by atoms with van der Waals surface area (Å²) in [6, 6.07) is 3.88. The number of benzene rings is 1. The molecule has 0 saturated heterocycles. The number of fused-ring (bicyclic) bond motifs is 1.